The van der Waals surface area contributed by atoms with Gasteiger partial charge in [-0.25, -0.2) is 0 Å². The molecular weight excluding hydrogens is 272 g/mol. The van der Waals surface area contributed by atoms with E-state index < -0.39 is 0 Å². The van der Waals surface area contributed by atoms with E-state index in [1.54, 1.807) is 0 Å². The van der Waals surface area contributed by atoms with E-state index >= 15 is 0 Å². The number of rotatable bonds is 4. The summed E-state index contributed by atoms with van der Waals surface area (Å²) >= 11 is 0. The minimum atomic E-state index is -0.244. The Balaban J connectivity index is 0.00000200. The molecule has 1 aromatic rings. The zero-order valence-electron chi connectivity index (χ0n) is 12.3. The van der Waals surface area contributed by atoms with E-state index in [1.165, 1.54) is 12.8 Å². The molecule has 3 N–H and O–H groups in total. The van der Waals surface area contributed by atoms with E-state index in [4.69, 9.17) is 5.73 Å². The third kappa shape index (κ3) is 3.97. The molecule has 1 aliphatic carbocycles. The topological polar surface area (TPSA) is 55.1 Å². The first-order valence-electron chi connectivity index (χ1n) is 7.14. The smallest absolute Gasteiger partial charge is 0.225 e. The predicted octanol–water partition coefficient (Wildman–Crippen LogP) is 3.19. The molecule has 2 rings (SSSR count). The first-order chi connectivity index (χ1) is 9.02. The third-order valence-electron chi connectivity index (χ3n) is 4.27. The summed E-state index contributed by atoms with van der Waals surface area (Å²) in [6.45, 7) is 4.05. The Bertz CT molecular complexity index is 429. The Morgan fingerprint density at radius 2 is 1.80 bits per heavy atom. The van der Waals surface area contributed by atoms with Crippen LogP contribution in [0.15, 0.2) is 30.3 Å². The number of nitrogens with two attached hydrogens (primary N) is 1. The standard InChI is InChI=1S/C16H24N2O.ClH/c1-12(14(17)13-8-4-3-5-9-13)15(19)18-16(2)10-6-7-11-16;/h3-5,8-9,12,14H,6-7,10-11,17H2,1-2H3,(H,18,19);1H. The first-order valence-corrected chi connectivity index (χ1v) is 7.14. The Morgan fingerprint density at radius 3 is 2.35 bits per heavy atom. The number of amides is 1. The molecule has 3 nitrogen and oxygen atoms in total. The maximum atomic E-state index is 12.3. The van der Waals surface area contributed by atoms with Crippen LogP contribution in [0.3, 0.4) is 0 Å². The quantitative estimate of drug-likeness (QED) is 0.896. The number of carbonyl (C=O) groups excluding carboxylic acids is 1. The predicted molar refractivity (Wildman–Crippen MR) is 84.8 cm³/mol. The molecule has 0 spiro atoms. The molecule has 2 unspecified atom stereocenters. The van der Waals surface area contributed by atoms with Crippen LogP contribution in [0.1, 0.15) is 51.1 Å². The van der Waals surface area contributed by atoms with Crippen molar-refractivity contribution in [2.75, 3.05) is 0 Å². The molecular formula is C16H25ClN2O. The number of nitrogens with one attached hydrogen (secondary N) is 1. The van der Waals surface area contributed by atoms with Crippen LogP contribution in [0.25, 0.3) is 0 Å². The van der Waals surface area contributed by atoms with E-state index in [2.05, 4.69) is 12.2 Å². The lowest BCUT2D eigenvalue weighted by Gasteiger charge is -2.29. The van der Waals surface area contributed by atoms with E-state index in [-0.39, 0.29) is 35.8 Å². The van der Waals surface area contributed by atoms with Gasteiger partial charge in [-0.3, -0.25) is 4.79 Å². The Kier molecular flexibility index (Phi) is 6.03. The van der Waals surface area contributed by atoms with Crippen LogP contribution in [0.4, 0.5) is 0 Å². The number of carbonyl (C=O) groups is 1. The average molecular weight is 297 g/mol. The molecule has 0 heterocycles. The summed E-state index contributed by atoms with van der Waals surface area (Å²) in [5, 5.41) is 3.19. The molecule has 4 heteroatoms. The highest BCUT2D eigenvalue weighted by Gasteiger charge is 2.32. The van der Waals surface area contributed by atoms with Crippen molar-refractivity contribution in [2.45, 2.75) is 51.1 Å². The SMILES string of the molecule is CC(C(=O)NC1(C)CCCC1)C(N)c1ccccc1.Cl. The summed E-state index contributed by atoms with van der Waals surface area (Å²) in [6, 6.07) is 9.58. The molecule has 0 radical (unpaired) electrons. The highest BCUT2D eigenvalue weighted by atomic mass is 35.5. The van der Waals surface area contributed by atoms with E-state index in [0.717, 1.165) is 18.4 Å². The van der Waals surface area contributed by atoms with Gasteiger partial charge < -0.3 is 11.1 Å². The maximum Gasteiger partial charge on any atom is 0.225 e. The number of hydrogen-bond acceptors (Lipinski definition) is 2. The van der Waals surface area contributed by atoms with Crippen molar-refractivity contribution in [1.82, 2.24) is 5.32 Å². The summed E-state index contributed by atoms with van der Waals surface area (Å²) in [6.07, 6.45) is 4.56. The van der Waals surface area contributed by atoms with Gasteiger partial charge in [0, 0.05) is 11.6 Å². The number of halogens is 1. The number of hydrogen-bond donors (Lipinski definition) is 2. The monoisotopic (exact) mass is 296 g/mol. The number of benzene rings is 1. The molecule has 1 aliphatic rings. The van der Waals surface area contributed by atoms with Gasteiger partial charge in [-0.05, 0) is 25.3 Å². The summed E-state index contributed by atoms with van der Waals surface area (Å²) in [5.74, 6) is -0.138. The van der Waals surface area contributed by atoms with E-state index in [1.807, 2.05) is 37.3 Å². The van der Waals surface area contributed by atoms with Crippen LogP contribution in [0.5, 0.6) is 0 Å². The average Bonchev–Trinajstić information content (AvgIpc) is 2.84. The fourth-order valence-corrected chi connectivity index (χ4v) is 2.82. The van der Waals surface area contributed by atoms with E-state index in [0.29, 0.717) is 0 Å². The van der Waals surface area contributed by atoms with Crippen LogP contribution in [-0.4, -0.2) is 11.4 Å². The summed E-state index contributed by atoms with van der Waals surface area (Å²) in [5.41, 5.74) is 7.19. The molecule has 1 aromatic carbocycles. The maximum absolute atomic E-state index is 12.3. The fraction of sp³-hybridized carbons (Fsp3) is 0.562. The molecule has 0 bridgehead atoms. The second kappa shape index (κ2) is 7.09. The van der Waals surface area contributed by atoms with Crippen LogP contribution in [0.2, 0.25) is 0 Å². The largest absolute Gasteiger partial charge is 0.351 e. The van der Waals surface area contributed by atoms with Crippen LogP contribution in [-0.2, 0) is 4.79 Å². The molecule has 1 amide bonds. The molecule has 20 heavy (non-hydrogen) atoms. The second-order valence-electron chi connectivity index (χ2n) is 5.98. The highest BCUT2D eigenvalue weighted by molar-refractivity contribution is 5.85. The van der Waals surface area contributed by atoms with Gasteiger partial charge in [0.05, 0.1) is 5.92 Å². The lowest BCUT2D eigenvalue weighted by molar-refractivity contribution is -0.126. The molecule has 0 aromatic heterocycles. The lowest BCUT2D eigenvalue weighted by Crippen LogP contribution is -2.47. The second-order valence-corrected chi connectivity index (χ2v) is 5.98. The Hall–Kier alpha value is -1.06. The zero-order valence-corrected chi connectivity index (χ0v) is 13.1. The van der Waals surface area contributed by atoms with Gasteiger partial charge in [0.25, 0.3) is 0 Å². The van der Waals surface area contributed by atoms with Crippen molar-refractivity contribution in [3.05, 3.63) is 35.9 Å². The highest BCUT2D eigenvalue weighted by Crippen LogP contribution is 2.30. The lowest BCUT2D eigenvalue weighted by atomic mass is 9.92. The van der Waals surface area contributed by atoms with Gasteiger partial charge in [0.2, 0.25) is 5.91 Å². The van der Waals surface area contributed by atoms with Gasteiger partial charge in [-0.15, -0.1) is 12.4 Å². The third-order valence-corrected chi connectivity index (χ3v) is 4.27. The molecule has 0 saturated heterocycles. The van der Waals surface area contributed by atoms with Crippen molar-refractivity contribution in [1.29, 1.82) is 0 Å². The van der Waals surface area contributed by atoms with Gasteiger partial charge >= 0.3 is 0 Å². The van der Waals surface area contributed by atoms with Crippen molar-refractivity contribution in [3.8, 4) is 0 Å². The van der Waals surface area contributed by atoms with Gasteiger partial charge in [0.15, 0.2) is 0 Å². The molecule has 112 valence electrons. The van der Waals surface area contributed by atoms with Crippen LogP contribution >= 0.6 is 12.4 Å². The van der Waals surface area contributed by atoms with Crippen LogP contribution < -0.4 is 11.1 Å². The molecule has 0 aliphatic heterocycles. The first kappa shape index (κ1) is 17.0. The minimum Gasteiger partial charge on any atom is -0.351 e. The molecule has 2 atom stereocenters. The zero-order chi connectivity index (χ0) is 13.9. The Morgan fingerprint density at radius 1 is 1.25 bits per heavy atom. The van der Waals surface area contributed by atoms with Crippen molar-refractivity contribution >= 4 is 18.3 Å². The molecule has 1 saturated carbocycles. The van der Waals surface area contributed by atoms with Crippen molar-refractivity contribution in [3.63, 3.8) is 0 Å². The minimum absolute atomic E-state index is 0. The van der Waals surface area contributed by atoms with Crippen LogP contribution in [0, 0.1) is 5.92 Å². The van der Waals surface area contributed by atoms with Crippen molar-refractivity contribution < 1.29 is 4.79 Å². The molecule has 1 fully saturated rings. The summed E-state index contributed by atoms with van der Waals surface area (Å²) in [7, 11) is 0. The fourth-order valence-electron chi connectivity index (χ4n) is 2.82. The van der Waals surface area contributed by atoms with Gasteiger partial charge in [0.1, 0.15) is 0 Å². The van der Waals surface area contributed by atoms with Crippen molar-refractivity contribution in [2.24, 2.45) is 11.7 Å². The van der Waals surface area contributed by atoms with Gasteiger partial charge in [-0.1, -0.05) is 50.1 Å². The Labute approximate surface area is 127 Å². The van der Waals surface area contributed by atoms with Gasteiger partial charge in [-0.2, -0.15) is 0 Å². The normalized spacial score (nSPS) is 19.8. The summed E-state index contributed by atoms with van der Waals surface area (Å²) < 4.78 is 0. The summed E-state index contributed by atoms with van der Waals surface area (Å²) in [4.78, 5) is 12.3. The van der Waals surface area contributed by atoms with E-state index in [9.17, 15) is 4.79 Å².